The van der Waals surface area contributed by atoms with Gasteiger partial charge in [-0.3, -0.25) is 9.59 Å². The van der Waals surface area contributed by atoms with Crippen LogP contribution >= 0.6 is 22.9 Å². The lowest BCUT2D eigenvalue weighted by Gasteiger charge is -2.32. The Morgan fingerprint density at radius 3 is 2.79 bits per heavy atom. The van der Waals surface area contributed by atoms with Crippen molar-refractivity contribution in [3.05, 3.63) is 58.9 Å². The molecule has 1 atom stereocenters. The fraction of sp³-hybridized carbons (Fsp3) is 0.250. The summed E-state index contributed by atoms with van der Waals surface area (Å²) < 4.78 is 14.0. The highest BCUT2D eigenvalue weighted by Crippen LogP contribution is 2.29. The second-order valence-electron chi connectivity index (χ2n) is 6.72. The first-order chi connectivity index (χ1) is 13.5. The van der Waals surface area contributed by atoms with Gasteiger partial charge >= 0.3 is 0 Å². The first-order valence-corrected chi connectivity index (χ1v) is 10.1. The zero-order valence-electron chi connectivity index (χ0n) is 14.8. The van der Waals surface area contributed by atoms with Crippen molar-refractivity contribution in [1.82, 2.24) is 9.88 Å². The number of nitrogens with zero attached hydrogens (tertiary/aromatic N) is 2. The molecule has 3 aromatic rings. The van der Waals surface area contributed by atoms with Crippen LogP contribution < -0.4 is 5.32 Å². The molecule has 1 N–H and O–H groups in total. The lowest BCUT2D eigenvalue weighted by molar-refractivity contribution is -0.121. The van der Waals surface area contributed by atoms with Gasteiger partial charge in [0.1, 0.15) is 5.82 Å². The Labute approximate surface area is 170 Å². The van der Waals surface area contributed by atoms with Crippen LogP contribution in [-0.2, 0) is 4.79 Å². The van der Waals surface area contributed by atoms with Gasteiger partial charge in [0.15, 0.2) is 5.13 Å². The van der Waals surface area contributed by atoms with Crippen LogP contribution in [0.2, 0.25) is 5.02 Å². The maximum absolute atomic E-state index is 13.1. The van der Waals surface area contributed by atoms with E-state index in [1.807, 2.05) is 12.1 Å². The third-order valence-electron chi connectivity index (χ3n) is 4.75. The fourth-order valence-electron chi connectivity index (χ4n) is 3.31. The molecule has 2 aromatic carbocycles. The summed E-state index contributed by atoms with van der Waals surface area (Å²) in [7, 11) is 0. The van der Waals surface area contributed by atoms with Crippen molar-refractivity contribution in [2.24, 2.45) is 5.92 Å². The van der Waals surface area contributed by atoms with Crippen molar-refractivity contribution in [3.63, 3.8) is 0 Å². The Kier molecular flexibility index (Phi) is 5.28. The first kappa shape index (κ1) is 18.8. The Balaban J connectivity index is 1.43. The summed E-state index contributed by atoms with van der Waals surface area (Å²) in [6, 6.07) is 10.8. The second kappa shape index (κ2) is 7.85. The molecular weight excluding hydrogens is 401 g/mol. The summed E-state index contributed by atoms with van der Waals surface area (Å²) in [6.45, 7) is 0.915. The maximum atomic E-state index is 13.1. The predicted octanol–water partition coefficient (Wildman–Crippen LogP) is 4.58. The average molecular weight is 418 g/mol. The highest BCUT2D eigenvalue weighted by atomic mass is 35.5. The number of hydrogen-bond donors (Lipinski definition) is 1. The summed E-state index contributed by atoms with van der Waals surface area (Å²) in [5.74, 6) is -1.03. The number of thiazole rings is 1. The molecule has 1 fully saturated rings. The van der Waals surface area contributed by atoms with E-state index in [1.54, 1.807) is 11.0 Å². The number of piperidine rings is 1. The van der Waals surface area contributed by atoms with Crippen LogP contribution in [0, 0.1) is 11.7 Å². The minimum absolute atomic E-state index is 0.151. The normalized spacial score (nSPS) is 16.9. The molecule has 1 aliphatic heterocycles. The molecule has 1 unspecified atom stereocenters. The van der Waals surface area contributed by atoms with Crippen molar-refractivity contribution >= 4 is 50.1 Å². The van der Waals surface area contributed by atoms with Gasteiger partial charge in [-0.1, -0.05) is 22.9 Å². The van der Waals surface area contributed by atoms with E-state index in [1.165, 1.54) is 35.6 Å². The monoisotopic (exact) mass is 417 g/mol. The van der Waals surface area contributed by atoms with Crippen molar-refractivity contribution in [1.29, 1.82) is 0 Å². The molecule has 144 valence electrons. The van der Waals surface area contributed by atoms with E-state index in [0.29, 0.717) is 35.2 Å². The molecule has 1 aliphatic rings. The van der Waals surface area contributed by atoms with Gasteiger partial charge in [0.25, 0.3) is 5.91 Å². The van der Waals surface area contributed by atoms with Crippen LogP contribution in [0.4, 0.5) is 9.52 Å². The Morgan fingerprint density at radius 1 is 1.21 bits per heavy atom. The number of benzene rings is 2. The lowest BCUT2D eigenvalue weighted by Crippen LogP contribution is -2.43. The molecule has 0 spiro atoms. The maximum Gasteiger partial charge on any atom is 0.253 e. The van der Waals surface area contributed by atoms with Gasteiger partial charge in [-0.15, -0.1) is 0 Å². The number of hydrogen-bond acceptors (Lipinski definition) is 4. The summed E-state index contributed by atoms with van der Waals surface area (Å²) in [4.78, 5) is 31.4. The number of aromatic nitrogens is 1. The summed E-state index contributed by atoms with van der Waals surface area (Å²) >= 11 is 7.36. The predicted molar refractivity (Wildman–Crippen MR) is 108 cm³/mol. The Bertz CT molecular complexity index is 1040. The lowest BCUT2D eigenvalue weighted by atomic mass is 9.96. The topological polar surface area (TPSA) is 62.3 Å². The third kappa shape index (κ3) is 4.00. The number of nitrogens with one attached hydrogen (secondary N) is 1. The standard InChI is InChI=1S/C20H17ClFN3O2S/c21-14-5-8-16-17(10-14)28-20(23-16)24-18(26)13-2-1-9-25(11-13)19(27)12-3-6-15(22)7-4-12/h3-8,10,13H,1-2,9,11H2,(H,23,24,26). The Hall–Kier alpha value is -2.51. The SMILES string of the molecule is O=C(Nc1nc2ccc(Cl)cc2s1)C1CCCN(C(=O)c2ccc(F)cc2)C1. The molecule has 0 aliphatic carbocycles. The number of halogens is 2. The number of fused-ring (bicyclic) bond motifs is 1. The van der Waals surface area contributed by atoms with Crippen LogP contribution in [0.1, 0.15) is 23.2 Å². The van der Waals surface area contributed by atoms with Gasteiger partial charge in [-0.2, -0.15) is 0 Å². The van der Waals surface area contributed by atoms with E-state index < -0.39 is 0 Å². The molecule has 8 heteroatoms. The minimum Gasteiger partial charge on any atom is -0.338 e. The highest BCUT2D eigenvalue weighted by molar-refractivity contribution is 7.22. The molecular formula is C20H17ClFN3O2S. The number of carbonyl (C=O) groups excluding carboxylic acids is 2. The van der Waals surface area contributed by atoms with Crippen molar-refractivity contribution in [3.8, 4) is 0 Å². The van der Waals surface area contributed by atoms with Gasteiger partial charge in [0, 0.05) is 23.7 Å². The number of likely N-dealkylation sites (tertiary alicyclic amines) is 1. The Morgan fingerprint density at radius 2 is 2.00 bits per heavy atom. The highest BCUT2D eigenvalue weighted by Gasteiger charge is 2.29. The van der Waals surface area contributed by atoms with Crippen molar-refractivity contribution in [2.45, 2.75) is 12.8 Å². The van der Waals surface area contributed by atoms with E-state index in [-0.39, 0.29) is 23.5 Å². The van der Waals surface area contributed by atoms with E-state index in [0.717, 1.165) is 16.6 Å². The van der Waals surface area contributed by atoms with Gasteiger partial charge in [0.2, 0.25) is 5.91 Å². The molecule has 28 heavy (non-hydrogen) atoms. The fourth-order valence-corrected chi connectivity index (χ4v) is 4.45. The summed E-state index contributed by atoms with van der Waals surface area (Å²) in [5, 5.41) is 4.00. The zero-order chi connectivity index (χ0) is 19.7. The van der Waals surface area contributed by atoms with Crippen LogP contribution in [-0.4, -0.2) is 34.8 Å². The van der Waals surface area contributed by atoms with Gasteiger partial charge < -0.3 is 10.2 Å². The first-order valence-electron chi connectivity index (χ1n) is 8.91. The smallest absolute Gasteiger partial charge is 0.253 e. The molecule has 1 saturated heterocycles. The zero-order valence-corrected chi connectivity index (χ0v) is 16.4. The molecule has 4 rings (SSSR count). The molecule has 1 aromatic heterocycles. The number of amides is 2. The van der Waals surface area contributed by atoms with E-state index in [2.05, 4.69) is 10.3 Å². The van der Waals surface area contributed by atoms with Crippen molar-refractivity contribution in [2.75, 3.05) is 18.4 Å². The quantitative estimate of drug-likeness (QED) is 0.678. The molecule has 0 saturated carbocycles. The van der Waals surface area contributed by atoms with Gasteiger partial charge in [0.05, 0.1) is 16.1 Å². The third-order valence-corrected chi connectivity index (χ3v) is 5.92. The second-order valence-corrected chi connectivity index (χ2v) is 8.18. The summed E-state index contributed by atoms with van der Waals surface area (Å²) in [5.41, 5.74) is 1.20. The van der Waals surface area contributed by atoms with Crippen LogP contribution in [0.15, 0.2) is 42.5 Å². The average Bonchev–Trinajstić information content (AvgIpc) is 3.09. The van der Waals surface area contributed by atoms with Crippen LogP contribution in [0.25, 0.3) is 10.2 Å². The molecule has 5 nitrogen and oxygen atoms in total. The molecule has 0 bridgehead atoms. The molecule has 2 amide bonds. The summed E-state index contributed by atoms with van der Waals surface area (Å²) in [6.07, 6.45) is 1.44. The molecule has 2 heterocycles. The van der Waals surface area contributed by atoms with Crippen LogP contribution in [0.5, 0.6) is 0 Å². The number of rotatable bonds is 3. The number of anilines is 1. The largest absolute Gasteiger partial charge is 0.338 e. The molecule has 0 radical (unpaired) electrons. The van der Waals surface area contributed by atoms with E-state index in [4.69, 9.17) is 11.6 Å². The van der Waals surface area contributed by atoms with E-state index >= 15 is 0 Å². The van der Waals surface area contributed by atoms with Gasteiger partial charge in [-0.05, 0) is 55.3 Å². The number of carbonyl (C=O) groups is 2. The minimum atomic E-state index is -0.385. The van der Waals surface area contributed by atoms with Crippen LogP contribution in [0.3, 0.4) is 0 Å². The van der Waals surface area contributed by atoms with Gasteiger partial charge in [-0.25, -0.2) is 9.37 Å². The van der Waals surface area contributed by atoms with E-state index in [9.17, 15) is 14.0 Å². The van der Waals surface area contributed by atoms with Crippen molar-refractivity contribution < 1.29 is 14.0 Å².